The van der Waals surface area contributed by atoms with Gasteiger partial charge in [-0.15, -0.1) is 0 Å². The topological polar surface area (TPSA) is 103 Å². The molecule has 172 valence electrons. The van der Waals surface area contributed by atoms with Crippen molar-refractivity contribution < 1.29 is 23.1 Å². The number of aromatic nitrogens is 3. The molecule has 33 heavy (non-hydrogen) atoms. The summed E-state index contributed by atoms with van der Waals surface area (Å²) >= 11 is 0. The average molecular weight is 458 g/mol. The summed E-state index contributed by atoms with van der Waals surface area (Å²) in [7, 11) is 0. The Balaban J connectivity index is 1.51. The van der Waals surface area contributed by atoms with Crippen LogP contribution in [0, 0.1) is 6.92 Å². The molecular formula is C22H21F3N6O2. The van der Waals surface area contributed by atoms with E-state index >= 15 is 0 Å². The largest absolute Gasteiger partial charge is 0.465 e. The molecule has 0 unspecified atom stereocenters. The molecule has 3 aromatic rings. The number of nitrogens with one attached hydrogen (secondary N) is 2. The van der Waals surface area contributed by atoms with Crippen molar-refractivity contribution in [2.75, 3.05) is 23.3 Å². The zero-order valence-electron chi connectivity index (χ0n) is 17.6. The quantitative estimate of drug-likeness (QED) is 0.519. The van der Waals surface area contributed by atoms with Gasteiger partial charge in [-0.3, -0.25) is 0 Å². The standard InChI is InChI=1S/C22H21F3N6O2/c1-13-8-17(29-19(9-13)30-18-10-15(4-6-26-18)22(23,24)25)14-2-3-20(27-11-14)31-7-5-16(12-31)28-21(32)33/h2-4,6,8-11,16,28H,5,7,12H2,1H3,(H,32,33)(H,26,29,30)/t16-/m0/s1. The van der Waals surface area contributed by atoms with Gasteiger partial charge in [0, 0.05) is 31.0 Å². The second kappa shape index (κ2) is 8.93. The van der Waals surface area contributed by atoms with Crippen molar-refractivity contribution in [3.05, 3.63) is 59.9 Å². The van der Waals surface area contributed by atoms with Crippen molar-refractivity contribution in [3.8, 4) is 11.3 Å². The molecule has 0 radical (unpaired) electrons. The van der Waals surface area contributed by atoms with E-state index in [1.165, 1.54) is 0 Å². The Labute approximate surface area is 187 Å². The summed E-state index contributed by atoms with van der Waals surface area (Å²) in [5.41, 5.74) is 1.41. The predicted octanol–water partition coefficient (Wildman–Crippen LogP) is 4.46. The van der Waals surface area contributed by atoms with Crippen molar-refractivity contribution in [2.45, 2.75) is 25.6 Å². The average Bonchev–Trinajstić information content (AvgIpc) is 3.21. The first kappa shape index (κ1) is 22.3. The Morgan fingerprint density at radius 1 is 1.15 bits per heavy atom. The van der Waals surface area contributed by atoms with Gasteiger partial charge in [0.1, 0.15) is 17.5 Å². The summed E-state index contributed by atoms with van der Waals surface area (Å²) in [4.78, 5) is 25.8. The molecule has 1 saturated heterocycles. The molecule has 3 N–H and O–H groups in total. The smallest absolute Gasteiger partial charge is 0.416 e. The van der Waals surface area contributed by atoms with Crippen LogP contribution in [-0.2, 0) is 6.18 Å². The van der Waals surface area contributed by atoms with Gasteiger partial charge in [0.15, 0.2) is 0 Å². The third-order valence-corrected chi connectivity index (χ3v) is 5.20. The maximum absolute atomic E-state index is 13.0. The Morgan fingerprint density at radius 2 is 1.97 bits per heavy atom. The van der Waals surface area contributed by atoms with E-state index < -0.39 is 17.8 Å². The first-order chi connectivity index (χ1) is 15.7. The number of amides is 1. The predicted molar refractivity (Wildman–Crippen MR) is 117 cm³/mol. The summed E-state index contributed by atoms with van der Waals surface area (Å²) in [6, 6.07) is 8.96. The lowest BCUT2D eigenvalue weighted by atomic mass is 10.1. The number of carbonyl (C=O) groups is 1. The van der Waals surface area contributed by atoms with Crippen molar-refractivity contribution in [1.29, 1.82) is 0 Å². The van der Waals surface area contributed by atoms with Crippen molar-refractivity contribution in [3.63, 3.8) is 0 Å². The van der Waals surface area contributed by atoms with Crippen molar-refractivity contribution in [2.24, 2.45) is 0 Å². The van der Waals surface area contributed by atoms with Crippen molar-refractivity contribution >= 4 is 23.5 Å². The monoisotopic (exact) mass is 458 g/mol. The van der Waals surface area contributed by atoms with E-state index in [1.807, 2.05) is 30.0 Å². The van der Waals surface area contributed by atoms with Gasteiger partial charge in [-0.2, -0.15) is 13.2 Å². The first-order valence-electron chi connectivity index (χ1n) is 10.2. The highest BCUT2D eigenvalue weighted by molar-refractivity contribution is 5.66. The maximum Gasteiger partial charge on any atom is 0.416 e. The highest BCUT2D eigenvalue weighted by Gasteiger charge is 2.30. The lowest BCUT2D eigenvalue weighted by Gasteiger charge is -2.17. The molecule has 4 rings (SSSR count). The van der Waals surface area contributed by atoms with Gasteiger partial charge < -0.3 is 20.6 Å². The van der Waals surface area contributed by atoms with Crippen LogP contribution in [0.3, 0.4) is 0 Å². The van der Waals surface area contributed by atoms with Crippen LogP contribution in [0.2, 0.25) is 0 Å². The molecule has 1 fully saturated rings. The van der Waals surface area contributed by atoms with Crippen LogP contribution in [0.25, 0.3) is 11.3 Å². The Morgan fingerprint density at radius 3 is 2.67 bits per heavy atom. The molecule has 4 heterocycles. The second-order valence-electron chi connectivity index (χ2n) is 7.75. The first-order valence-corrected chi connectivity index (χ1v) is 10.2. The van der Waals surface area contributed by atoms with Crippen LogP contribution in [0.15, 0.2) is 48.8 Å². The van der Waals surface area contributed by atoms with Gasteiger partial charge in [0.25, 0.3) is 0 Å². The number of anilines is 3. The van der Waals surface area contributed by atoms with Crippen LogP contribution in [0.4, 0.5) is 35.4 Å². The minimum absolute atomic E-state index is 0.0425. The molecule has 1 atom stereocenters. The normalized spacial score (nSPS) is 16.0. The number of aryl methyl sites for hydroxylation is 1. The Hall–Kier alpha value is -3.89. The van der Waals surface area contributed by atoms with Gasteiger partial charge in [-0.25, -0.2) is 19.7 Å². The summed E-state index contributed by atoms with van der Waals surface area (Å²) in [6.07, 6.45) is -2.04. The molecule has 0 saturated carbocycles. The van der Waals surface area contributed by atoms with Gasteiger partial charge in [0.05, 0.1) is 17.3 Å². The van der Waals surface area contributed by atoms with Gasteiger partial charge >= 0.3 is 12.3 Å². The Kier molecular flexibility index (Phi) is 6.03. The number of carboxylic acid groups (broad SMARTS) is 1. The molecule has 8 nitrogen and oxygen atoms in total. The zero-order valence-corrected chi connectivity index (χ0v) is 17.6. The molecule has 0 aromatic carbocycles. The van der Waals surface area contributed by atoms with Crippen molar-refractivity contribution in [1.82, 2.24) is 20.3 Å². The van der Waals surface area contributed by atoms with E-state index in [9.17, 15) is 18.0 Å². The number of halogens is 3. The number of nitrogens with zero attached hydrogens (tertiary/aromatic N) is 4. The summed E-state index contributed by atoms with van der Waals surface area (Å²) in [6.45, 7) is 3.09. The lowest BCUT2D eigenvalue weighted by Crippen LogP contribution is -2.36. The van der Waals surface area contributed by atoms with E-state index in [-0.39, 0.29) is 11.9 Å². The number of alkyl halides is 3. The van der Waals surface area contributed by atoms with E-state index in [4.69, 9.17) is 5.11 Å². The number of pyridine rings is 3. The molecule has 3 aromatic heterocycles. The van der Waals surface area contributed by atoms with Gasteiger partial charge in [0.2, 0.25) is 0 Å². The summed E-state index contributed by atoms with van der Waals surface area (Å²) in [5, 5.41) is 14.2. The fraction of sp³-hybridized carbons (Fsp3) is 0.273. The fourth-order valence-corrected chi connectivity index (χ4v) is 3.67. The number of hydrogen-bond donors (Lipinski definition) is 3. The lowest BCUT2D eigenvalue weighted by molar-refractivity contribution is -0.137. The Bertz CT molecular complexity index is 1150. The minimum atomic E-state index is -4.46. The fourth-order valence-electron chi connectivity index (χ4n) is 3.67. The van der Waals surface area contributed by atoms with E-state index in [1.54, 1.807) is 12.3 Å². The maximum atomic E-state index is 13.0. The van der Waals surface area contributed by atoms with E-state index in [0.29, 0.717) is 31.0 Å². The molecule has 1 aliphatic rings. The van der Waals surface area contributed by atoms with Crippen LogP contribution < -0.4 is 15.5 Å². The summed E-state index contributed by atoms with van der Waals surface area (Å²) < 4.78 is 38.9. The molecule has 0 bridgehead atoms. The minimum Gasteiger partial charge on any atom is -0.465 e. The SMILES string of the molecule is Cc1cc(Nc2cc(C(F)(F)F)ccn2)nc(-c2ccc(N3CC[C@H](NC(=O)O)C3)nc2)c1. The highest BCUT2D eigenvalue weighted by Crippen LogP contribution is 2.31. The van der Waals surface area contributed by atoms with Gasteiger partial charge in [-0.1, -0.05) is 0 Å². The van der Waals surface area contributed by atoms with Crippen LogP contribution >= 0.6 is 0 Å². The molecule has 0 spiro atoms. The van der Waals surface area contributed by atoms with Gasteiger partial charge in [-0.05, 0) is 55.3 Å². The van der Waals surface area contributed by atoms with E-state index in [2.05, 4.69) is 25.6 Å². The third-order valence-electron chi connectivity index (χ3n) is 5.20. The molecular weight excluding hydrogens is 437 g/mol. The molecule has 0 aliphatic carbocycles. The number of hydrogen-bond acceptors (Lipinski definition) is 6. The van der Waals surface area contributed by atoms with Crippen LogP contribution in [0.5, 0.6) is 0 Å². The van der Waals surface area contributed by atoms with Crippen LogP contribution in [0.1, 0.15) is 17.5 Å². The third kappa shape index (κ3) is 5.48. The van der Waals surface area contributed by atoms with Crippen LogP contribution in [-0.4, -0.2) is 45.3 Å². The highest BCUT2D eigenvalue weighted by atomic mass is 19.4. The van der Waals surface area contributed by atoms with E-state index in [0.717, 1.165) is 35.3 Å². The number of rotatable bonds is 5. The molecule has 1 amide bonds. The molecule has 11 heteroatoms. The second-order valence-corrected chi connectivity index (χ2v) is 7.75. The molecule has 1 aliphatic heterocycles. The summed E-state index contributed by atoms with van der Waals surface area (Å²) in [5.74, 6) is 1.14. The zero-order chi connectivity index (χ0) is 23.6.